The SMILES string of the molecule is C=CC(CO)Oc1ccc([N+](=O)[O-])c2ccccc12. The number of nitro benzene ring substituents is 1. The maximum atomic E-state index is 11.0. The fourth-order valence-electron chi connectivity index (χ4n) is 1.84. The van der Waals surface area contributed by atoms with Crippen molar-refractivity contribution in [1.29, 1.82) is 0 Å². The van der Waals surface area contributed by atoms with Crippen molar-refractivity contribution < 1.29 is 14.8 Å². The van der Waals surface area contributed by atoms with Gasteiger partial charge >= 0.3 is 0 Å². The van der Waals surface area contributed by atoms with Crippen molar-refractivity contribution >= 4 is 16.5 Å². The zero-order valence-corrected chi connectivity index (χ0v) is 10.2. The zero-order valence-electron chi connectivity index (χ0n) is 10.2. The van der Waals surface area contributed by atoms with E-state index in [1.807, 2.05) is 0 Å². The average Bonchev–Trinajstić information content (AvgIpc) is 2.44. The predicted molar refractivity (Wildman–Crippen MR) is 72.3 cm³/mol. The standard InChI is InChI=1S/C14H13NO4/c1-2-10(9-16)19-14-8-7-13(15(17)18)11-5-3-4-6-12(11)14/h2-8,10,16H,1,9H2. The molecule has 0 spiro atoms. The summed E-state index contributed by atoms with van der Waals surface area (Å²) in [4.78, 5) is 10.5. The molecule has 0 amide bonds. The van der Waals surface area contributed by atoms with Crippen molar-refractivity contribution in [2.75, 3.05) is 6.61 Å². The number of aliphatic hydroxyl groups excluding tert-OH is 1. The van der Waals surface area contributed by atoms with Crippen molar-refractivity contribution in [2.24, 2.45) is 0 Å². The maximum Gasteiger partial charge on any atom is 0.277 e. The molecule has 5 heteroatoms. The molecule has 0 saturated carbocycles. The van der Waals surface area contributed by atoms with Crippen molar-refractivity contribution in [3.63, 3.8) is 0 Å². The monoisotopic (exact) mass is 259 g/mol. The molecule has 0 aliphatic carbocycles. The number of hydrogen-bond acceptors (Lipinski definition) is 4. The molecular formula is C14H13NO4. The van der Waals surface area contributed by atoms with Gasteiger partial charge in [-0.2, -0.15) is 0 Å². The molecule has 19 heavy (non-hydrogen) atoms. The highest BCUT2D eigenvalue weighted by atomic mass is 16.6. The Morgan fingerprint density at radius 2 is 2.00 bits per heavy atom. The Morgan fingerprint density at radius 3 is 2.58 bits per heavy atom. The van der Waals surface area contributed by atoms with E-state index in [9.17, 15) is 10.1 Å². The lowest BCUT2D eigenvalue weighted by Crippen LogP contribution is -2.17. The number of rotatable bonds is 5. The number of nitrogens with zero attached hydrogens (tertiary/aromatic N) is 1. The van der Waals surface area contributed by atoms with E-state index in [0.717, 1.165) is 0 Å². The van der Waals surface area contributed by atoms with E-state index < -0.39 is 11.0 Å². The zero-order chi connectivity index (χ0) is 13.8. The molecule has 0 aliphatic heterocycles. The molecule has 0 aromatic heterocycles. The lowest BCUT2D eigenvalue weighted by molar-refractivity contribution is -0.383. The van der Waals surface area contributed by atoms with Gasteiger partial charge in [0.25, 0.3) is 5.69 Å². The Hall–Kier alpha value is -2.40. The van der Waals surface area contributed by atoms with Gasteiger partial charge in [-0.05, 0) is 18.2 Å². The van der Waals surface area contributed by atoms with E-state index in [4.69, 9.17) is 9.84 Å². The Morgan fingerprint density at radius 1 is 1.32 bits per heavy atom. The van der Waals surface area contributed by atoms with E-state index >= 15 is 0 Å². The second-order valence-corrected chi connectivity index (χ2v) is 3.96. The molecule has 0 saturated heterocycles. The third kappa shape index (κ3) is 2.56. The molecule has 0 heterocycles. The van der Waals surface area contributed by atoms with Gasteiger partial charge < -0.3 is 9.84 Å². The molecular weight excluding hydrogens is 246 g/mol. The van der Waals surface area contributed by atoms with Crippen molar-refractivity contribution in [1.82, 2.24) is 0 Å². The fourth-order valence-corrected chi connectivity index (χ4v) is 1.84. The first kappa shape index (κ1) is 13.0. The van der Waals surface area contributed by atoms with Gasteiger partial charge in [-0.25, -0.2) is 0 Å². The Kier molecular flexibility index (Phi) is 3.77. The number of fused-ring (bicyclic) bond motifs is 1. The average molecular weight is 259 g/mol. The number of aliphatic hydroxyl groups is 1. The number of hydrogen-bond donors (Lipinski definition) is 1. The highest BCUT2D eigenvalue weighted by Gasteiger charge is 2.15. The smallest absolute Gasteiger partial charge is 0.277 e. The highest BCUT2D eigenvalue weighted by Crippen LogP contribution is 2.33. The highest BCUT2D eigenvalue weighted by molar-refractivity contribution is 5.95. The van der Waals surface area contributed by atoms with Crippen LogP contribution in [0.25, 0.3) is 10.8 Å². The van der Waals surface area contributed by atoms with Gasteiger partial charge in [-0.3, -0.25) is 10.1 Å². The van der Waals surface area contributed by atoms with Crippen LogP contribution >= 0.6 is 0 Å². The third-order valence-corrected chi connectivity index (χ3v) is 2.78. The van der Waals surface area contributed by atoms with Crippen LogP contribution in [0.2, 0.25) is 0 Å². The molecule has 0 aliphatic rings. The van der Waals surface area contributed by atoms with Gasteiger partial charge in [-0.1, -0.05) is 24.8 Å². The normalized spacial score (nSPS) is 12.1. The van der Waals surface area contributed by atoms with Gasteiger partial charge in [0.2, 0.25) is 0 Å². The summed E-state index contributed by atoms with van der Waals surface area (Å²) in [6.45, 7) is 3.36. The second-order valence-electron chi connectivity index (χ2n) is 3.96. The summed E-state index contributed by atoms with van der Waals surface area (Å²) in [5, 5.41) is 21.2. The van der Waals surface area contributed by atoms with E-state index in [1.54, 1.807) is 24.3 Å². The van der Waals surface area contributed by atoms with Crippen LogP contribution in [0.4, 0.5) is 5.69 Å². The summed E-state index contributed by atoms with van der Waals surface area (Å²) < 4.78 is 5.57. The molecule has 0 bridgehead atoms. The molecule has 2 rings (SSSR count). The molecule has 5 nitrogen and oxygen atoms in total. The summed E-state index contributed by atoms with van der Waals surface area (Å²) in [6, 6.07) is 9.86. The topological polar surface area (TPSA) is 72.6 Å². The lowest BCUT2D eigenvalue weighted by Gasteiger charge is -2.14. The minimum atomic E-state index is -0.537. The minimum absolute atomic E-state index is 0.0297. The van der Waals surface area contributed by atoms with Crippen molar-refractivity contribution in [3.05, 3.63) is 59.2 Å². The van der Waals surface area contributed by atoms with E-state index in [0.29, 0.717) is 16.5 Å². The molecule has 1 unspecified atom stereocenters. The Labute approximate surface area is 109 Å². The first-order chi connectivity index (χ1) is 9.17. The lowest BCUT2D eigenvalue weighted by atomic mass is 10.1. The number of nitro groups is 1. The second kappa shape index (κ2) is 5.49. The summed E-state index contributed by atoms with van der Waals surface area (Å²) >= 11 is 0. The van der Waals surface area contributed by atoms with Crippen LogP contribution in [0.3, 0.4) is 0 Å². The quantitative estimate of drug-likeness (QED) is 0.509. The van der Waals surface area contributed by atoms with E-state index in [1.165, 1.54) is 18.2 Å². The van der Waals surface area contributed by atoms with Gasteiger partial charge in [0.15, 0.2) is 0 Å². The molecule has 98 valence electrons. The van der Waals surface area contributed by atoms with Crippen LogP contribution < -0.4 is 4.74 Å². The third-order valence-electron chi connectivity index (χ3n) is 2.78. The summed E-state index contributed by atoms with van der Waals surface area (Å²) in [7, 11) is 0. The first-order valence-electron chi connectivity index (χ1n) is 5.73. The Balaban J connectivity index is 2.55. The van der Waals surface area contributed by atoms with E-state index in [2.05, 4.69) is 6.58 Å². The summed E-state index contributed by atoms with van der Waals surface area (Å²) in [5.41, 5.74) is 0.0297. The fraction of sp³-hybridized carbons (Fsp3) is 0.143. The van der Waals surface area contributed by atoms with Gasteiger partial charge in [0, 0.05) is 11.5 Å². The summed E-state index contributed by atoms with van der Waals surface area (Å²) in [6.07, 6.45) is 0.945. The molecule has 0 radical (unpaired) electrons. The first-order valence-corrected chi connectivity index (χ1v) is 5.73. The van der Waals surface area contributed by atoms with Gasteiger partial charge in [0.05, 0.1) is 16.9 Å². The number of ether oxygens (including phenoxy) is 1. The minimum Gasteiger partial charge on any atom is -0.483 e. The molecule has 2 aromatic carbocycles. The maximum absolute atomic E-state index is 11.0. The van der Waals surface area contributed by atoms with Crippen LogP contribution in [0.1, 0.15) is 0 Å². The summed E-state index contributed by atoms with van der Waals surface area (Å²) in [5.74, 6) is 0.486. The largest absolute Gasteiger partial charge is 0.483 e. The number of benzene rings is 2. The van der Waals surface area contributed by atoms with E-state index in [-0.39, 0.29) is 12.3 Å². The van der Waals surface area contributed by atoms with Crippen LogP contribution in [0.5, 0.6) is 5.75 Å². The van der Waals surface area contributed by atoms with Gasteiger partial charge in [0.1, 0.15) is 11.9 Å². The molecule has 2 aromatic rings. The van der Waals surface area contributed by atoms with Crippen LogP contribution in [0, 0.1) is 10.1 Å². The van der Waals surface area contributed by atoms with Crippen molar-refractivity contribution in [2.45, 2.75) is 6.10 Å². The number of non-ortho nitro benzene ring substituents is 1. The Bertz CT molecular complexity index is 624. The van der Waals surface area contributed by atoms with Crippen molar-refractivity contribution in [3.8, 4) is 5.75 Å². The van der Waals surface area contributed by atoms with Crippen LogP contribution in [-0.2, 0) is 0 Å². The van der Waals surface area contributed by atoms with Crippen LogP contribution in [-0.4, -0.2) is 22.7 Å². The van der Waals surface area contributed by atoms with Gasteiger partial charge in [-0.15, -0.1) is 0 Å². The molecule has 1 atom stereocenters. The predicted octanol–water partition coefficient (Wildman–Crippen LogP) is 2.67. The molecule has 0 fully saturated rings. The van der Waals surface area contributed by atoms with Crippen LogP contribution in [0.15, 0.2) is 49.1 Å². The molecule has 1 N–H and O–H groups in total.